The third kappa shape index (κ3) is 2.41. The van der Waals surface area contributed by atoms with Crippen LogP contribution in [0.5, 0.6) is 0 Å². The van der Waals surface area contributed by atoms with Crippen LogP contribution in [0.2, 0.25) is 0 Å². The molecule has 1 aromatic carbocycles. The molecule has 0 atom stereocenters. The second kappa shape index (κ2) is 4.65. The average molecular weight is 327 g/mol. The highest BCUT2D eigenvalue weighted by Gasteiger charge is 2.05. The second-order valence-corrected chi connectivity index (χ2v) is 4.60. The molecule has 82 valence electrons. The van der Waals surface area contributed by atoms with Gasteiger partial charge in [0.1, 0.15) is 6.33 Å². The van der Waals surface area contributed by atoms with E-state index in [0.29, 0.717) is 0 Å². The van der Waals surface area contributed by atoms with Crippen LogP contribution in [0.25, 0.3) is 0 Å². The number of hydrogen-bond acceptors (Lipinski definition) is 2. The van der Waals surface area contributed by atoms with Gasteiger partial charge in [-0.2, -0.15) is 0 Å². The maximum atomic E-state index is 11.7. The molecule has 0 aliphatic rings. The number of imidazole rings is 1. The van der Waals surface area contributed by atoms with Crippen LogP contribution in [0.15, 0.2) is 36.9 Å². The van der Waals surface area contributed by atoms with Crippen molar-refractivity contribution in [1.82, 2.24) is 9.55 Å². The topological polar surface area (TPSA) is 46.9 Å². The lowest BCUT2D eigenvalue weighted by molar-refractivity contribution is 0.253. The van der Waals surface area contributed by atoms with E-state index in [4.69, 9.17) is 0 Å². The van der Waals surface area contributed by atoms with Crippen molar-refractivity contribution in [1.29, 1.82) is 0 Å². The van der Waals surface area contributed by atoms with Gasteiger partial charge in [0.05, 0.1) is 0 Å². The van der Waals surface area contributed by atoms with Crippen LogP contribution in [0.4, 0.5) is 10.5 Å². The van der Waals surface area contributed by atoms with Gasteiger partial charge >= 0.3 is 6.03 Å². The number of halogens is 1. The molecule has 0 spiro atoms. The number of hydrogen-bond donors (Lipinski definition) is 1. The van der Waals surface area contributed by atoms with Gasteiger partial charge in [0.15, 0.2) is 0 Å². The number of aromatic nitrogens is 2. The first-order valence-corrected chi connectivity index (χ1v) is 5.80. The van der Waals surface area contributed by atoms with E-state index in [1.54, 1.807) is 12.4 Å². The van der Waals surface area contributed by atoms with Crippen LogP contribution < -0.4 is 5.32 Å². The largest absolute Gasteiger partial charge is 0.331 e. The first-order chi connectivity index (χ1) is 7.66. The van der Waals surface area contributed by atoms with Gasteiger partial charge in [-0.1, -0.05) is 0 Å². The molecule has 0 unspecified atom stereocenters. The maximum Gasteiger partial charge on any atom is 0.331 e. The molecule has 1 heterocycles. The summed E-state index contributed by atoms with van der Waals surface area (Å²) in [7, 11) is 0. The van der Waals surface area contributed by atoms with Gasteiger partial charge in [-0.25, -0.2) is 9.78 Å². The minimum atomic E-state index is -0.207. The smallest absolute Gasteiger partial charge is 0.307 e. The Hall–Kier alpha value is -1.37. The normalized spacial score (nSPS) is 10.1. The number of rotatable bonds is 1. The zero-order chi connectivity index (χ0) is 11.5. The average Bonchev–Trinajstić information content (AvgIpc) is 2.75. The summed E-state index contributed by atoms with van der Waals surface area (Å²) < 4.78 is 2.55. The summed E-state index contributed by atoms with van der Waals surface area (Å²) in [6.45, 7) is 1.96. The number of amides is 1. The monoisotopic (exact) mass is 327 g/mol. The third-order valence-corrected chi connectivity index (χ3v) is 2.84. The van der Waals surface area contributed by atoms with Crippen LogP contribution in [-0.4, -0.2) is 15.6 Å². The van der Waals surface area contributed by atoms with Crippen molar-refractivity contribution in [2.75, 3.05) is 5.32 Å². The zero-order valence-corrected chi connectivity index (χ0v) is 10.8. The van der Waals surface area contributed by atoms with Crippen molar-refractivity contribution < 1.29 is 4.79 Å². The first kappa shape index (κ1) is 11.1. The Morgan fingerprint density at radius 2 is 2.31 bits per heavy atom. The van der Waals surface area contributed by atoms with Gasteiger partial charge < -0.3 is 5.32 Å². The third-order valence-electron chi connectivity index (χ3n) is 2.17. The van der Waals surface area contributed by atoms with E-state index in [2.05, 4.69) is 32.9 Å². The van der Waals surface area contributed by atoms with E-state index in [9.17, 15) is 4.79 Å². The number of carbonyl (C=O) groups is 1. The van der Waals surface area contributed by atoms with Gasteiger partial charge in [0.2, 0.25) is 0 Å². The van der Waals surface area contributed by atoms with Gasteiger partial charge in [0, 0.05) is 21.7 Å². The van der Waals surface area contributed by atoms with Crippen molar-refractivity contribution in [2.45, 2.75) is 6.92 Å². The van der Waals surface area contributed by atoms with E-state index in [1.165, 1.54) is 10.9 Å². The van der Waals surface area contributed by atoms with Gasteiger partial charge in [0.25, 0.3) is 0 Å². The Balaban J connectivity index is 2.18. The SMILES string of the molecule is Cc1cc(I)ccc1NC(=O)n1ccnc1. The minimum absolute atomic E-state index is 0.207. The molecule has 0 saturated heterocycles. The molecule has 16 heavy (non-hydrogen) atoms. The summed E-state index contributed by atoms with van der Waals surface area (Å²) in [5.74, 6) is 0. The van der Waals surface area contributed by atoms with Gasteiger partial charge in [-0.15, -0.1) is 0 Å². The molecular weight excluding hydrogens is 317 g/mol. The minimum Gasteiger partial charge on any atom is -0.307 e. The number of carbonyl (C=O) groups excluding carboxylic acids is 1. The van der Waals surface area contributed by atoms with E-state index in [0.717, 1.165) is 14.8 Å². The van der Waals surface area contributed by atoms with Gasteiger partial charge in [-0.3, -0.25) is 4.57 Å². The predicted molar refractivity (Wildman–Crippen MR) is 70.5 cm³/mol. The number of benzene rings is 1. The second-order valence-electron chi connectivity index (χ2n) is 3.36. The quantitative estimate of drug-likeness (QED) is 0.819. The fourth-order valence-electron chi connectivity index (χ4n) is 1.33. The molecular formula is C11H10IN3O. The fraction of sp³-hybridized carbons (Fsp3) is 0.0909. The van der Waals surface area contributed by atoms with E-state index in [1.807, 2.05) is 25.1 Å². The molecule has 1 amide bonds. The molecule has 0 bridgehead atoms. The summed E-state index contributed by atoms with van der Waals surface area (Å²) in [6.07, 6.45) is 4.65. The molecule has 0 aliphatic heterocycles. The standard InChI is InChI=1S/C11H10IN3O/c1-8-6-9(12)2-3-10(8)14-11(16)15-5-4-13-7-15/h2-7H,1H3,(H,14,16). The molecule has 1 aromatic heterocycles. The Morgan fingerprint density at radius 3 is 2.94 bits per heavy atom. The van der Waals surface area contributed by atoms with Crippen molar-refractivity contribution >= 4 is 34.3 Å². The summed E-state index contributed by atoms with van der Waals surface area (Å²) in [5, 5.41) is 2.82. The molecule has 2 aromatic rings. The first-order valence-electron chi connectivity index (χ1n) is 4.72. The Labute approximate surface area is 107 Å². The molecule has 4 nitrogen and oxygen atoms in total. The van der Waals surface area contributed by atoms with E-state index in [-0.39, 0.29) is 6.03 Å². The molecule has 2 rings (SSSR count). The Bertz CT molecular complexity index is 508. The summed E-state index contributed by atoms with van der Waals surface area (Å²) in [4.78, 5) is 15.5. The highest BCUT2D eigenvalue weighted by molar-refractivity contribution is 14.1. The number of nitrogens with one attached hydrogen (secondary N) is 1. The van der Waals surface area contributed by atoms with Crippen molar-refractivity contribution in [3.8, 4) is 0 Å². The number of aryl methyl sites for hydroxylation is 1. The van der Waals surface area contributed by atoms with Crippen LogP contribution in [-0.2, 0) is 0 Å². The molecule has 0 radical (unpaired) electrons. The van der Waals surface area contributed by atoms with Crippen LogP contribution in [0, 0.1) is 10.5 Å². The molecule has 0 saturated carbocycles. The summed E-state index contributed by atoms with van der Waals surface area (Å²) in [5.41, 5.74) is 1.86. The number of anilines is 1. The number of nitrogens with zero attached hydrogens (tertiary/aromatic N) is 2. The highest BCUT2D eigenvalue weighted by atomic mass is 127. The highest BCUT2D eigenvalue weighted by Crippen LogP contribution is 2.17. The Kier molecular flexibility index (Phi) is 3.23. The van der Waals surface area contributed by atoms with Crippen molar-refractivity contribution in [3.63, 3.8) is 0 Å². The summed E-state index contributed by atoms with van der Waals surface area (Å²) in [6, 6.07) is 5.66. The van der Waals surface area contributed by atoms with Crippen molar-refractivity contribution in [3.05, 3.63) is 46.1 Å². The van der Waals surface area contributed by atoms with Gasteiger partial charge in [-0.05, 0) is 53.3 Å². The summed E-state index contributed by atoms with van der Waals surface area (Å²) >= 11 is 2.24. The predicted octanol–water partition coefficient (Wildman–Crippen LogP) is 2.88. The van der Waals surface area contributed by atoms with Crippen LogP contribution >= 0.6 is 22.6 Å². The molecule has 0 fully saturated rings. The van der Waals surface area contributed by atoms with Crippen molar-refractivity contribution in [2.24, 2.45) is 0 Å². The fourth-order valence-corrected chi connectivity index (χ4v) is 1.97. The van der Waals surface area contributed by atoms with Crippen LogP contribution in [0.3, 0.4) is 0 Å². The van der Waals surface area contributed by atoms with E-state index >= 15 is 0 Å². The maximum absolute atomic E-state index is 11.7. The lowest BCUT2D eigenvalue weighted by Crippen LogP contribution is -2.18. The van der Waals surface area contributed by atoms with E-state index < -0.39 is 0 Å². The molecule has 5 heteroatoms. The zero-order valence-electron chi connectivity index (χ0n) is 8.64. The lowest BCUT2D eigenvalue weighted by atomic mass is 10.2. The lowest BCUT2D eigenvalue weighted by Gasteiger charge is -2.08. The van der Waals surface area contributed by atoms with Crippen LogP contribution in [0.1, 0.15) is 5.56 Å². The molecule has 0 aliphatic carbocycles. The Morgan fingerprint density at radius 1 is 1.50 bits per heavy atom. The molecule has 1 N–H and O–H groups in total.